The molecule has 0 fully saturated rings. The first-order valence-corrected chi connectivity index (χ1v) is 6.02. The monoisotopic (exact) mass is 223 g/mol. The summed E-state index contributed by atoms with van der Waals surface area (Å²) in [4.78, 5) is 13.6. The van der Waals surface area contributed by atoms with Gasteiger partial charge in [0.15, 0.2) is 0 Å². The van der Waals surface area contributed by atoms with E-state index in [4.69, 9.17) is 0 Å². The first kappa shape index (κ1) is 12.0. The Balaban J connectivity index is 2.57. The van der Waals surface area contributed by atoms with Crippen molar-refractivity contribution in [3.63, 3.8) is 0 Å². The summed E-state index contributed by atoms with van der Waals surface area (Å²) in [6.07, 6.45) is 2.87. The van der Waals surface area contributed by atoms with Gasteiger partial charge in [-0.2, -0.15) is 11.3 Å². The quantitative estimate of drug-likeness (QED) is 0.718. The second-order valence-corrected chi connectivity index (χ2v) is 4.37. The van der Waals surface area contributed by atoms with Crippen molar-refractivity contribution in [1.82, 2.24) is 4.90 Å². The van der Waals surface area contributed by atoms with E-state index in [-0.39, 0.29) is 5.91 Å². The van der Waals surface area contributed by atoms with Crippen LogP contribution in [0.25, 0.3) is 0 Å². The molecule has 1 aromatic heterocycles. The number of allylic oxidation sites excluding steroid dienone is 1. The summed E-state index contributed by atoms with van der Waals surface area (Å²) in [5, 5.41) is 4.10. The first-order valence-electron chi connectivity index (χ1n) is 5.08. The van der Waals surface area contributed by atoms with Gasteiger partial charge in [-0.25, -0.2) is 0 Å². The highest BCUT2D eigenvalue weighted by Gasteiger charge is 2.10. The minimum absolute atomic E-state index is 0.114. The fourth-order valence-corrected chi connectivity index (χ4v) is 2.08. The third kappa shape index (κ3) is 3.51. The average molecular weight is 223 g/mol. The van der Waals surface area contributed by atoms with Crippen LogP contribution in [0.1, 0.15) is 25.8 Å². The molecule has 0 saturated heterocycles. The topological polar surface area (TPSA) is 20.3 Å². The maximum Gasteiger partial charge on any atom is 0.249 e. The molecule has 3 heteroatoms. The lowest BCUT2D eigenvalue weighted by atomic mass is 10.2. The summed E-state index contributed by atoms with van der Waals surface area (Å²) in [6, 6.07) is 2.05. The lowest BCUT2D eigenvalue weighted by Gasteiger charge is -2.16. The van der Waals surface area contributed by atoms with Crippen LogP contribution in [-0.4, -0.2) is 17.9 Å². The zero-order chi connectivity index (χ0) is 11.3. The molecule has 1 heterocycles. The molecule has 1 rings (SSSR count). The molecule has 0 N–H and O–H groups in total. The fourth-order valence-electron chi connectivity index (χ4n) is 1.42. The van der Waals surface area contributed by atoms with Crippen LogP contribution in [0, 0.1) is 0 Å². The van der Waals surface area contributed by atoms with Crippen molar-refractivity contribution < 1.29 is 4.79 Å². The fraction of sp³-hybridized carbons (Fsp3) is 0.417. The van der Waals surface area contributed by atoms with Crippen LogP contribution in [-0.2, 0) is 11.3 Å². The number of hydrogen-bond donors (Lipinski definition) is 0. The van der Waals surface area contributed by atoms with Crippen molar-refractivity contribution in [2.24, 2.45) is 0 Å². The van der Waals surface area contributed by atoms with Gasteiger partial charge >= 0.3 is 0 Å². The van der Waals surface area contributed by atoms with Gasteiger partial charge in [0.1, 0.15) is 0 Å². The Kier molecular flexibility index (Phi) is 4.56. The Morgan fingerprint density at radius 3 is 2.87 bits per heavy atom. The summed E-state index contributed by atoms with van der Waals surface area (Å²) < 4.78 is 0. The van der Waals surface area contributed by atoms with Gasteiger partial charge in [0.05, 0.1) is 0 Å². The minimum Gasteiger partial charge on any atom is -0.338 e. The SMILES string of the molecule is CC/C=C(\C)C(=O)N(C)Cc1ccsc1. The van der Waals surface area contributed by atoms with Crippen molar-refractivity contribution in [2.75, 3.05) is 7.05 Å². The van der Waals surface area contributed by atoms with Gasteiger partial charge < -0.3 is 4.90 Å². The van der Waals surface area contributed by atoms with E-state index in [1.807, 2.05) is 38.4 Å². The van der Waals surface area contributed by atoms with Crippen LogP contribution >= 0.6 is 11.3 Å². The third-order valence-electron chi connectivity index (χ3n) is 2.19. The highest BCUT2D eigenvalue weighted by atomic mass is 32.1. The van der Waals surface area contributed by atoms with E-state index in [0.717, 1.165) is 12.0 Å². The molecule has 0 bridgehead atoms. The molecule has 15 heavy (non-hydrogen) atoms. The Morgan fingerprint density at radius 1 is 1.60 bits per heavy atom. The number of likely N-dealkylation sites (N-methyl/N-ethyl adjacent to an activating group) is 1. The van der Waals surface area contributed by atoms with Crippen LogP contribution in [0.5, 0.6) is 0 Å². The maximum absolute atomic E-state index is 11.8. The number of hydrogen-bond acceptors (Lipinski definition) is 2. The average Bonchev–Trinajstić information content (AvgIpc) is 2.69. The smallest absolute Gasteiger partial charge is 0.249 e. The van der Waals surface area contributed by atoms with Crippen molar-refractivity contribution >= 4 is 17.2 Å². The molecule has 0 atom stereocenters. The highest BCUT2D eigenvalue weighted by Crippen LogP contribution is 2.10. The zero-order valence-electron chi connectivity index (χ0n) is 9.49. The second-order valence-electron chi connectivity index (χ2n) is 3.59. The van der Waals surface area contributed by atoms with Crippen LogP contribution in [0.15, 0.2) is 28.5 Å². The molecule has 0 unspecified atom stereocenters. The molecule has 82 valence electrons. The molecule has 0 aliphatic heterocycles. The van der Waals surface area contributed by atoms with E-state index < -0.39 is 0 Å². The van der Waals surface area contributed by atoms with Gasteiger partial charge in [0, 0.05) is 19.2 Å². The standard InChI is InChI=1S/C12H17NOS/c1-4-5-10(2)12(14)13(3)8-11-6-7-15-9-11/h5-7,9H,4,8H2,1-3H3/b10-5+. The van der Waals surface area contributed by atoms with Crippen LogP contribution < -0.4 is 0 Å². The molecular weight excluding hydrogens is 206 g/mol. The lowest BCUT2D eigenvalue weighted by molar-refractivity contribution is -0.126. The van der Waals surface area contributed by atoms with E-state index >= 15 is 0 Å². The van der Waals surface area contributed by atoms with Crippen LogP contribution in [0.4, 0.5) is 0 Å². The summed E-state index contributed by atoms with van der Waals surface area (Å²) >= 11 is 1.66. The summed E-state index contributed by atoms with van der Waals surface area (Å²) in [7, 11) is 1.84. The molecule has 0 aromatic carbocycles. The van der Waals surface area contributed by atoms with Crippen molar-refractivity contribution in [2.45, 2.75) is 26.8 Å². The number of carbonyl (C=O) groups is 1. The molecule has 0 saturated carbocycles. The van der Waals surface area contributed by atoms with Gasteiger partial charge in [-0.05, 0) is 35.7 Å². The first-order chi connectivity index (χ1) is 7.15. The van der Waals surface area contributed by atoms with E-state index in [1.165, 1.54) is 5.56 Å². The second kappa shape index (κ2) is 5.71. The lowest BCUT2D eigenvalue weighted by Crippen LogP contribution is -2.26. The van der Waals surface area contributed by atoms with Gasteiger partial charge in [-0.1, -0.05) is 13.0 Å². The Labute approximate surface area is 95.2 Å². The van der Waals surface area contributed by atoms with Gasteiger partial charge in [0.25, 0.3) is 0 Å². The van der Waals surface area contributed by atoms with Gasteiger partial charge in [0.2, 0.25) is 5.91 Å². The number of thiophene rings is 1. The normalized spacial score (nSPS) is 11.5. The van der Waals surface area contributed by atoms with E-state index in [2.05, 4.69) is 5.38 Å². The predicted molar refractivity (Wildman–Crippen MR) is 64.8 cm³/mol. The Morgan fingerprint density at radius 2 is 2.33 bits per heavy atom. The third-order valence-corrected chi connectivity index (χ3v) is 2.93. The largest absolute Gasteiger partial charge is 0.338 e. The zero-order valence-corrected chi connectivity index (χ0v) is 10.3. The number of carbonyl (C=O) groups excluding carboxylic acids is 1. The van der Waals surface area contributed by atoms with Crippen molar-refractivity contribution in [1.29, 1.82) is 0 Å². The van der Waals surface area contributed by atoms with Crippen molar-refractivity contribution in [3.8, 4) is 0 Å². The van der Waals surface area contributed by atoms with Gasteiger partial charge in [-0.15, -0.1) is 0 Å². The molecule has 2 nitrogen and oxygen atoms in total. The van der Waals surface area contributed by atoms with E-state index in [9.17, 15) is 4.79 Å². The molecule has 0 aliphatic rings. The van der Waals surface area contributed by atoms with E-state index in [1.54, 1.807) is 16.2 Å². The summed E-state index contributed by atoms with van der Waals surface area (Å²) in [5.41, 5.74) is 2.02. The van der Waals surface area contributed by atoms with Crippen LogP contribution in [0.2, 0.25) is 0 Å². The maximum atomic E-state index is 11.8. The molecular formula is C12H17NOS. The molecule has 1 aromatic rings. The molecule has 0 radical (unpaired) electrons. The Hall–Kier alpha value is -1.09. The summed E-state index contributed by atoms with van der Waals surface area (Å²) in [6.45, 7) is 4.60. The Bertz CT molecular complexity index is 341. The summed E-state index contributed by atoms with van der Waals surface area (Å²) in [5.74, 6) is 0.114. The molecule has 0 aliphatic carbocycles. The predicted octanol–water partition coefficient (Wildman–Crippen LogP) is 3.06. The molecule has 1 amide bonds. The van der Waals surface area contributed by atoms with Gasteiger partial charge in [-0.3, -0.25) is 4.79 Å². The highest BCUT2D eigenvalue weighted by molar-refractivity contribution is 7.07. The minimum atomic E-state index is 0.114. The number of nitrogens with zero attached hydrogens (tertiary/aromatic N) is 1. The number of rotatable bonds is 4. The number of amides is 1. The molecule has 0 spiro atoms. The van der Waals surface area contributed by atoms with Crippen molar-refractivity contribution in [3.05, 3.63) is 34.0 Å². The van der Waals surface area contributed by atoms with Crippen LogP contribution in [0.3, 0.4) is 0 Å². The van der Waals surface area contributed by atoms with E-state index in [0.29, 0.717) is 6.54 Å².